The molecule has 0 saturated carbocycles. The highest BCUT2D eigenvalue weighted by molar-refractivity contribution is 7.73. The van der Waals surface area contributed by atoms with Gasteiger partial charge in [-0.25, -0.2) is 37.0 Å². The van der Waals surface area contributed by atoms with Crippen LogP contribution in [0, 0.1) is 23.5 Å². The van der Waals surface area contributed by atoms with Gasteiger partial charge in [-0.2, -0.15) is 4.41 Å². The number of H-pyrrole nitrogens is 1. The lowest BCUT2D eigenvalue weighted by atomic mass is 9.85. The van der Waals surface area contributed by atoms with Gasteiger partial charge in [0.05, 0.1) is 18.7 Å². The van der Waals surface area contributed by atoms with Crippen LogP contribution in [0.5, 0.6) is 0 Å². The third-order valence-corrected chi connectivity index (χ3v) is 11.2. The van der Waals surface area contributed by atoms with E-state index in [0.717, 1.165) is 80.1 Å². The van der Waals surface area contributed by atoms with Gasteiger partial charge in [-0.1, -0.05) is 17.3 Å². The molecule has 12 nitrogen and oxygen atoms in total. The Kier molecular flexibility index (Phi) is 11.0. The summed E-state index contributed by atoms with van der Waals surface area (Å²) >= 11 is 0. The Morgan fingerprint density at radius 2 is 1.75 bits per heavy atom. The second kappa shape index (κ2) is 15.8. The highest BCUT2D eigenvalue weighted by Gasteiger charge is 2.33. The van der Waals surface area contributed by atoms with Gasteiger partial charge < -0.3 is 14.7 Å². The molecule has 0 bridgehead atoms. The number of aromatic amines is 1. The number of carbonyl (C=O) groups is 2. The van der Waals surface area contributed by atoms with E-state index in [1.165, 1.54) is 13.1 Å². The monoisotopic (exact) mass is 753 g/mol. The molecular formula is C37H42F3N7O5S. The highest BCUT2D eigenvalue weighted by atomic mass is 32.2. The van der Waals surface area contributed by atoms with Crippen LogP contribution in [0.2, 0.25) is 0 Å². The van der Waals surface area contributed by atoms with Crippen LogP contribution in [-0.4, -0.2) is 85.8 Å². The molecule has 1 unspecified atom stereocenters. The Hall–Kier alpha value is -4.51. The van der Waals surface area contributed by atoms with Crippen molar-refractivity contribution in [3.05, 3.63) is 77.6 Å². The predicted molar refractivity (Wildman–Crippen MR) is 194 cm³/mol. The van der Waals surface area contributed by atoms with Crippen molar-refractivity contribution in [1.82, 2.24) is 25.6 Å². The molecule has 7 rings (SSSR count). The minimum Gasteiger partial charge on any atom is -0.372 e. The summed E-state index contributed by atoms with van der Waals surface area (Å²) in [6.07, 6.45) is 7.11. The number of piperidine rings is 1. The Morgan fingerprint density at radius 3 is 2.45 bits per heavy atom. The molecule has 0 aliphatic carbocycles. The zero-order valence-corrected chi connectivity index (χ0v) is 30.2. The van der Waals surface area contributed by atoms with Gasteiger partial charge in [0, 0.05) is 67.7 Å². The van der Waals surface area contributed by atoms with Gasteiger partial charge in [-0.3, -0.25) is 9.59 Å². The number of hydrogen-bond acceptors (Lipinski definition) is 10. The first-order chi connectivity index (χ1) is 25.5. The number of nitrogens with one attached hydrogen (secondary N) is 2. The molecule has 2 atom stereocenters. The third-order valence-electron chi connectivity index (χ3n) is 10.4. The average Bonchev–Trinajstić information content (AvgIpc) is 3.70. The number of fused-ring (bicyclic) bond motifs is 1. The molecule has 3 saturated heterocycles. The molecule has 4 aromatic rings. The Balaban J connectivity index is 1.03. The Labute approximate surface area is 306 Å². The lowest BCUT2D eigenvalue weighted by Crippen LogP contribution is -2.41. The number of hydrazine groups is 2. The number of halogens is 3. The van der Waals surface area contributed by atoms with Gasteiger partial charge in [0.25, 0.3) is 0 Å². The molecule has 0 spiro atoms. The van der Waals surface area contributed by atoms with E-state index >= 15 is 8.78 Å². The number of hydrogen-bond donors (Lipinski definition) is 3. The molecule has 3 aliphatic rings. The molecule has 2 N–H and O–H groups in total. The van der Waals surface area contributed by atoms with Crippen LogP contribution in [0.3, 0.4) is 0 Å². The number of benzene rings is 2. The van der Waals surface area contributed by atoms with Crippen LogP contribution >= 0.6 is 0 Å². The number of pyridine rings is 1. The van der Waals surface area contributed by atoms with Crippen molar-refractivity contribution in [3.63, 3.8) is 0 Å². The van der Waals surface area contributed by atoms with Crippen LogP contribution in [0.15, 0.2) is 54.9 Å². The zero-order chi connectivity index (χ0) is 37.2. The molecule has 0 radical (unpaired) electrons. The summed E-state index contributed by atoms with van der Waals surface area (Å²) in [7, 11) is -3.46. The fourth-order valence-electron chi connectivity index (χ4n) is 7.74. The van der Waals surface area contributed by atoms with E-state index in [4.69, 9.17) is 4.84 Å². The summed E-state index contributed by atoms with van der Waals surface area (Å²) in [6, 6.07) is 11.6. The van der Waals surface area contributed by atoms with Crippen molar-refractivity contribution in [2.24, 2.45) is 11.8 Å². The van der Waals surface area contributed by atoms with E-state index in [2.05, 4.69) is 32.4 Å². The molecule has 3 aliphatic heterocycles. The number of rotatable bonds is 10. The second-order valence-corrected chi connectivity index (χ2v) is 14.9. The highest BCUT2D eigenvalue weighted by Crippen LogP contribution is 2.34. The third kappa shape index (κ3) is 8.05. The molecule has 2 aromatic carbocycles. The van der Waals surface area contributed by atoms with E-state index in [1.807, 2.05) is 12.1 Å². The van der Waals surface area contributed by atoms with E-state index in [1.54, 1.807) is 17.4 Å². The van der Waals surface area contributed by atoms with Crippen LogP contribution in [0.4, 0.5) is 24.5 Å². The molecule has 5 heterocycles. The number of hydroxylamine groups is 1. The maximum atomic E-state index is 15.9. The van der Waals surface area contributed by atoms with Gasteiger partial charge in [0.1, 0.15) is 23.3 Å². The maximum absolute atomic E-state index is 15.9. The summed E-state index contributed by atoms with van der Waals surface area (Å²) in [5, 5.41) is 3.02. The quantitative estimate of drug-likeness (QED) is 0.144. The fourth-order valence-corrected chi connectivity index (χ4v) is 8.44. The number of alkyl halides is 1. The van der Waals surface area contributed by atoms with E-state index in [9.17, 15) is 22.4 Å². The fraction of sp³-hybridized carbons (Fsp3) is 0.432. The molecular weight excluding hydrogens is 712 g/mol. The number of carbonyl (C=O) groups excluding carboxylic acids is 2. The summed E-state index contributed by atoms with van der Waals surface area (Å²) in [5.41, 5.74) is 4.71. The van der Waals surface area contributed by atoms with E-state index in [0.29, 0.717) is 39.4 Å². The lowest BCUT2D eigenvalue weighted by Gasteiger charge is -2.35. The van der Waals surface area contributed by atoms with Crippen molar-refractivity contribution in [2.45, 2.75) is 51.6 Å². The second-order valence-electron chi connectivity index (χ2n) is 14.0. The molecule has 3 fully saturated rings. The minimum atomic E-state index is -3.46. The smallest absolute Gasteiger partial charge is 0.323 e. The first-order valence-corrected chi connectivity index (χ1v) is 19.1. The molecule has 0 amide bonds. The SMILES string of the molecule is CC(=O)ON1CCC[C@H](CC2CCN(c3ccc(-c4cnc5[nH]cc(C(=O)c6c(F)ccc(N(N7CCC(F)C7)[SH](=O)=O)c6F)c5c4)cc3)CC2)CN1. The molecule has 2 aromatic heterocycles. The van der Waals surface area contributed by atoms with Crippen molar-refractivity contribution >= 4 is 45.1 Å². The summed E-state index contributed by atoms with van der Waals surface area (Å²) in [5.74, 6) is -2.67. The van der Waals surface area contributed by atoms with Crippen LogP contribution in [0.25, 0.3) is 22.2 Å². The van der Waals surface area contributed by atoms with Crippen molar-refractivity contribution < 1.29 is 36.0 Å². The number of thiol groups is 1. The van der Waals surface area contributed by atoms with Crippen molar-refractivity contribution in [2.75, 3.05) is 48.6 Å². The van der Waals surface area contributed by atoms with Gasteiger partial charge in [-0.15, -0.1) is 0 Å². The van der Waals surface area contributed by atoms with Crippen LogP contribution in [-0.2, 0) is 20.5 Å². The number of aromatic nitrogens is 2. The summed E-state index contributed by atoms with van der Waals surface area (Å²) in [4.78, 5) is 40.0. The minimum absolute atomic E-state index is 0.0147. The number of anilines is 2. The summed E-state index contributed by atoms with van der Waals surface area (Å²) in [6.45, 7) is 4.51. The van der Waals surface area contributed by atoms with E-state index in [-0.39, 0.29) is 31.0 Å². The van der Waals surface area contributed by atoms with Crippen LogP contribution in [0.1, 0.15) is 61.4 Å². The standard InChI is InChI=1S/C37H42F3N7O5S/c1-23(48)52-46-13-2-3-25(19-43-46)17-24-10-14-44(15-11-24)29-6-4-26(5-7-29)27-18-30-31(21-42-37(30)41-20-27)36(49)34-32(39)8-9-33(35(34)40)47(53(50)51)45-16-12-28(38)22-45/h4-9,18,20-21,24-25,28,43,53H,2-3,10-17,19,22H2,1H3,(H,41,42)/t25-,28?/m1/s1. The molecule has 53 heavy (non-hydrogen) atoms. The van der Waals surface area contributed by atoms with E-state index < -0.39 is 45.7 Å². The number of ketones is 1. The van der Waals surface area contributed by atoms with Crippen molar-refractivity contribution in [3.8, 4) is 11.1 Å². The average molecular weight is 754 g/mol. The normalized spacial score (nSPS) is 20.6. The topological polar surface area (TPSA) is 131 Å². The molecule has 16 heteroatoms. The van der Waals surface area contributed by atoms with Gasteiger partial charge in [-0.05, 0) is 86.3 Å². The van der Waals surface area contributed by atoms with Crippen molar-refractivity contribution in [1.29, 1.82) is 0 Å². The van der Waals surface area contributed by atoms with Gasteiger partial charge in [0.15, 0.2) is 5.82 Å². The predicted octanol–water partition coefficient (Wildman–Crippen LogP) is 5.33. The van der Waals surface area contributed by atoms with Gasteiger partial charge in [0.2, 0.25) is 16.7 Å². The zero-order valence-electron chi connectivity index (χ0n) is 29.3. The maximum Gasteiger partial charge on any atom is 0.323 e. The molecule has 282 valence electrons. The van der Waals surface area contributed by atoms with Gasteiger partial charge >= 0.3 is 5.97 Å². The lowest BCUT2D eigenvalue weighted by molar-refractivity contribution is -0.203. The first-order valence-electron chi connectivity index (χ1n) is 17.9. The summed E-state index contributed by atoms with van der Waals surface area (Å²) < 4.78 is 69.8. The Morgan fingerprint density at radius 1 is 0.981 bits per heavy atom. The number of nitrogens with zero attached hydrogens (tertiary/aromatic N) is 5. The van der Waals surface area contributed by atoms with Crippen LogP contribution < -0.4 is 14.7 Å². The largest absolute Gasteiger partial charge is 0.372 e. The first kappa shape index (κ1) is 36.8. The Bertz CT molecular complexity index is 2050.